The summed E-state index contributed by atoms with van der Waals surface area (Å²) >= 11 is 0. The summed E-state index contributed by atoms with van der Waals surface area (Å²) in [6, 6.07) is 16.1. The van der Waals surface area contributed by atoms with Crippen LogP contribution < -0.4 is 10.3 Å². The van der Waals surface area contributed by atoms with Gasteiger partial charge in [-0.05, 0) is 44.0 Å². The maximum absolute atomic E-state index is 12.9. The molecule has 0 radical (unpaired) electrons. The van der Waals surface area contributed by atoms with E-state index < -0.39 is 0 Å². The van der Waals surface area contributed by atoms with Crippen LogP contribution in [0, 0.1) is 13.8 Å². The first-order valence-electron chi connectivity index (χ1n) is 8.49. The van der Waals surface area contributed by atoms with Gasteiger partial charge in [-0.1, -0.05) is 42.0 Å². The van der Waals surface area contributed by atoms with Crippen molar-refractivity contribution in [1.82, 2.24) is 9.78 Å². The normalized spacial score (nSPS) is 12.2. The lowest BCUT2D eigenvalue weighted by atomic mass is 10.1. The van der Waals surface area contributed by atoms with Crippen molar-refractivity contribution in [2.24, 2.45) is 0 Å². The largest absolute Gasteiger partial charge is 0.497 e. The molecular weight excluding hydrogens is 312 g/mol. The molecule has 4 heteroatoms. The fourth-order valence-electron chi connectivity index (χ4n) is 3.03. The molecule has 2 aromatic carbocycles. The van der Waals surface area contributed by atoms with Crippen LogP contribution in [0.2, 0.25) is 0 Å². The molecule has 1 atom stereocenters. The number of aryl methyl sites for hydroxylation is 2. The molecule has 25 heavy (non-hydrogen) atoms. The van der Waals surface area contributed by atoms with E-state index in [1.54, 1.807) is 11.8 Å². The molecular formula is C21H24N2O2. The number of hydrogen-bond donors (Lipinski definition) is 1. The summed E-state index contributed by atoms with van der Waals surface area (Å²) < 4.78 is 6.91. The number of benzene rings is 2. The number of nitrogens with one attached hydrogen (secondary N) is 1. The van der Waals surface area contributed by atoms with Crippen molar-refractivity contribution in [2.75, 3.05) is 7.11 Å². The van der Waals surface area contributed by atoms with Crippen LogP contribution in [0.25, 0.3) is 0 Å². The number of rotatable bonds is 5. The third kappa shape index (κ3) is 3.53. The van der Waals surface area contributed by atoms with Crippen LogP contribution in [0.1, 0.15) is 40.9 Å². The van der Waals surface area contributed by atoms with Crippen LogP contribution >= 0.6 is 0 Å². The number of aromatic nitrogens is 2. The maximum Gasteiger partial charge on any atom is 0.270 e. The third-order valence-electron chi connectivity index (χ3n) is 4.70. The predicted molar refractivity (Wildman–Crippen MR) is 101 cm³/mol. The first-order valence-corrected chi connectivity index (χ1v) is 8.49. The molecule has 3 rings (SSSR count). The highest BCUT2D eigenvalue weighted by Crippen LogP contribution is 2.19. The monoisotopic (exact) mass is 336 g/mol. The zero-order chi connectivity index (χ0) is 18.0. The predicted octanol–water partition coefficient (Wildman–Crippen LogP) is 4.00. The van der Waals surface area contributed by atoms with Gasteiger partial charge in [0, 0.05) is 17.7 Å². The number of H-pyrrole nitrogens is 1. The lowest BCUT2D eigenvalue weighted by Crippen LogP contribution is -2.23. The maximum atomic E-state index is 12.9. The molecule has 1 heterocycles. The summed E-state index contributed by atoms with van der Waals surface area (Å²) in [6.07, 6.45) is 0.610. The third-order valence-corrected chi connectivity index (χ3v) is 4.70. The van der Waals surface area contributed by atoms with Crippen molar-refractivity contribution in [3.8, 4) is 5.75 Å². The van der Waals surface area contributed by atoms with Gasteiger partial charge < -0.3 is 4.74 Å². The number of hydrogen-bond acceptors (Lipinski definition) is 2. The SMILES string of the molecule is COc1ccc(Cc2c(C)[nH]n(C(C)c3ccc(C)cc3)c2=O)cc1. The van der Waals surface area contributed by atoms with E-state index in [0.29, 0.717) is 6.42 Å². The van der Waals surface area contributed by atoms with E-state index in [0.717, 1.165) is 28.1 Å². The van der Waals surface area contributed by atoms with Gasteiger partial charge in [-0.2, -0.15) is 0 Å². The first-order chi connectivity index (χ1) is 12.0. The molecule has 1 N–H and O–H groups in total. The molecule has 3 aromatic rings. The van der Waals surface area contributed by atoms with Gasteiger partial charge in [0.2, 0.25) is 0 Å². The standard InChI is InChI=1S/C21H24N2O2/c1-14-5-9-18(10-6-14)16(3)23-21(24)20(15(2)22-23)13-17-7-11-19(25-4)12-8-17/h5-12,16,22H,13H2,1-4H3. The zero-order valence-corrected chi connectivity index (χ0v) is 15.2. The Bertz CT molecular complexity index is 903. The van der Waals surface area contributed by atoms with Crippen LogP contribution in [-0.4, -0.2) is 16.9 Å². The second-order valence-corrected chi connectivity index (χ2v) is 6.50. The van der Waals surface area contributed by atoms with Gasteiger partial charge in [-0.25, -0.2) is 4.68 Å². The van der Waals surface area contributed by atoms with E-state index >= 15 is 0 Å². The highest BCUT2D eigenvalue weighted by molar-refractivity contribution is 5.32. The van der Waals surface area contributed by atoms with E-state index in [2.05, 4.69) is 36.3 Å². The van der Waals surface area contributed by atoms with E-state index in [1.807, 2.05) is 38.1 Å². The lowest BCUT2D eigenvalue weighted by molar-refractivity contribution is 0.414. The number of aromatic amines is 1. The van der Waals surface area contributed by atoms with Crippen LogP contribution in [-0.2, 0) is 6.42 Å². The van der Waals surface area contributed by atoms with Crippen molar-refractivity contribution in [3.05, 3.63) is 86.8 Å². The first kappa shape index (κ1) is 17.1. The Morgan fingerprint density at radius 3 is 2.28 bits per heavy atom. The van der Waals surface area contributed by atoms with E-state index in [-0.39, 0.29) is 11.6 Å². The van der Waals surface area contributed by atoms with Gasteiger partial charge in [0.05, 0.1) is 13.2 Å². The number of nitrogens with zero attached hydrogens (tertiary/aromatic N) is 1. The Kier molecular flexibility index (Phi) is 4.79. The van der Waals surface area contributed by atoms with Crippen LogP contribution in [0.3, 0.4) is 0 Å². The average Bonchev–Trinajstić information content (AvgIpc) is 2.90. The molecule has 0 saturated heterocycles. The van der Waals surface area contributed by atoms with Crippen LogP contribution in [0.4, 0.5) is 0 Å². The van der Waals surface area contributed by atoms with E-state index in [1.165, 1.54) is 5.56 Å². The van der Waals surface area contributed by atoms with Crippen molar-refractivity contribution < 1.29 is 4.74 Å². The molecule has 0 aliphatic rings. The minimum absolute atomic E-state index is 0.0311. The molecule has 0 bridgehead atoms. The lowest BCUT2D eigenvalue weighted by Gasteiger charge is -2.13. The average molecular weight is 336 g/mol. The zero-order valence-electron chi connectivity index (χ0n) is 15.2. The molecule has 0 saturated carbocycles. The summed E-state index contributed by atoms with van der Waals surface area (Å²) in [6.45, 7) is 6.06. The molecule has 0 fully saturated rings. The Morgan fingerprint density at radius 2 is 1.68 bits per heavy atom. The molecule has 0 amide bonds. The second-order valence-electron chi connectivity index (χ2n) is 6.50. The van der Waals surface area contributed by atoms with E-state index in [4.69, 9.17) is 4.74 Å². The minimum atomic E-state index is -0.0311. The highest BCUT2D eigenvalue weighted by atomic mass is 16.5. The van der Waals surface area contributed by atoms with Crippen molar-refractivity contribution in [2.45, 2.75) is 33.2 Å². The fourth-order valence-corrected chi connectivity index (χ4v) is 3.03. The van der Waals surface area contributed by atoms with Crippen LogP contribution in [0.15, 0.2) is 53.3 Å². The Balaban J connectivity index is 1.89. The van der Waals surface area contributed by atoms with Crippen molar-refractivity contribution >= 4 is 0 Å². The quantitative estimate of drug-likeness (QED) is 0.765. The highest BCUT2D eigenvalue weighted by Gasteiger charge is 2.17. The van der Waals surface area contributed by atoms with Gasteiger partial charge in [0.15, 0.2) is 0 Å². The minimum Gasteiger partial charge on any atom is -0.497 e. The summed E-state index contributed by atoms with van der Waals surface area (Å²) in [5.41, 5.74) is 5.19. The van der Waals surface area contributed by atoms with Gasteiger partial charge in [-0.15, -0.1) is 0 Å². The Morgan fingerprint density at radius 1 is 1.04 bits per heavy atom. The molecule has 4 nitrogen and oxygen atoms in total. The topological polar surface area (TPSA) is 47.0 Å². The van der Waals surface area contributed by atoms with Gasteiger partial charge in [0.25, 0.3) is 5.56 Å². The second kappa shape index (κ2) is 7.01. The Hall–Kier alpha value is -2.75. The molecule has 130 valence electrons. The van der Waals surface area contributed by atoms with Crippen molar-refractivity contribution in [1.29, 1.82) is 0 Å². The van der Waals surface area contributed by atoms with Crippen molar-refractivity contribution in [3.63, 3.8) is 0 Å². The molecule has 1 aromatic heterocycles. The molecule has 0 aliphatic heterocycles. The van der Waals surface area contributed by atoms with Gasteiger partial charge in [0.1, 0.15) is 5.75 Å². The van der Waals surface area contributed by atoms with Gasteiger partial charge >= 0.3 is 0 Å². The number of ether oxygens (including phenoxy) is 1. The number of methoxy groups -OCH3 is 1. The van der Waals surface area contributed by atoms with Gasteiger partial charge in [-0.3, -0.25) is 9.89 Å². The van der Waals surface area contributed by atoms with Crippen LogP contribution in [0.5, 0.6) is 5.75 Å². The fraction of sp³-hybridized carbons (Fsp3) is 0.286. The molecule has 0 aliphatic carbocycles. The molecule has 0 spiro atoms. The molecule has 1 unspecified atom stereocenters. The Labute approximate surface area is 148 Å². The summed E-state index contributed by atoms with van der Waals surface area (Å²) in [5, 5.41) is 3.25. The summed E-state index contributed by atoms with van der Waals surface area (Å²) in [5.74, 6) is 0.819. The summed E-state index contributed by atoms with van der Waals surface area (Å²) in [4.78, 5) is 12.9. The summed E-state index contributed by atoms with van der Waals surface area (Å²) in [7, 11) is 1.65. The smallest absolute Gasteiger partial charge is 0.270 e. The van der Waals surface area contributed by atoms with E-state index in [9.17, 15) is 4.79 Å².